The van der Waals surface area contributed by atoms with Crippen molar-refractivity contribution in [3.8, 4) is 11.4 Å². The number of hydrogen-bond acceptors (Lipinski definition) is 5. The fraction of sp³-hybridized carbons (Fsp3) is 0.222. The zero-order valence-corrected chi connectivity index (χ0v) is 16.0. The normalized spacial score (nSPS) is 12.0. The molecule has 1 amide bonds. The summed E-state index contributed by atoms with van der Waals surface area (Å²) in [6.45, 7) is 1.91. The summed E-state index contributed by atoms with van der Waals surface area (Å²) in [6, 6.07) is 11.1. The minimum atomic E-state index is -0.165. The van der Waals surface area contributed by atoms with Crippen LogP contribution in [0.1, 0.15) is 18.5 Å². The number of benzene rings is 1. The number of hydrogen-bond donors (Lipinski definition) is 1. The summed E-state index contributed by atoms with van der Waals surface area (Å²) in [5.74, 6) is 0.868. The number of pyridine rings is 1. The second-order valence-corrected chi connectivity index (χ2v) is 7.06. The van der Waals surface area contributed by atoms with Crippen molar-refractivity contribution in [3.63, 3.8) is 0 Å². The maximum absolute atomic E-state index is 12.3. The van der Waals surface area contributed by atoms with E-state index in [1.165, 1.54) is 11.8 Å². The van der Waals surface area contributed by atoms with E-state index in [0.29, 0.717) is 16.0 Å². The van der Waals surface area contributed by atoms with Gasteiger partial charge in [-0.2, -0.15) is 0 Å². The van der Waals surface area contributed by atoms with Gasteiger partial charge in [0.1, 0.15) is 0 Å². The maximum Gasteiger partial charge on any atom is 0.230 e. The number of nitrogens with one attached hydrogen (secondary N) is 1. The molecule has 1 N–H and O–H groups in total. The lowest BCUT2D eigenvalue weighted by Gasteiger charge is -2.15. The lowest BCUT2D eigenvalue weighted by molar-refractivity contribution is -0.119. The molecule has 0 radical (unpaired) electrons. The highest BCUT2D eigenvalue weighted by Gasteiger charge is 2.15. The van der Waals surface area contributed by atoms with E-state index in [4.69, 9.17) is 11.6 Å². The summed E-state index contributed by atoms with van der Waals surface area (Å²) in [4.78, 5) is 16.3. The smallest absolute Gasteiger partial charge is 0.230 e. The number of carbonyl (C=O) groups excluding carboxylic acids is 1. The van der Waals surface area contributed by atoms with Gasteiger partial charge in [0.15, 0.2) is 11.0 Å². The molecule has 2 aromatic heterocycles. The van der Waals surface area contributed by atoms with Crippen LogP contribution >= 0.6 is 23.4 Å². The molecule has 3 rings (SSSR count). The van der Waals surface area contributed by atoms with E-state index in [9.17, 15) is 4.79 Å². The summed E-state index contributed by atoms with van der Waals surface area (Å²) in [6.07, 6.45) is 3.44. The second-order valence-electron chi connectivity index (χ2n) is 5.71. The zero-order valence-electron chi connectivity index (χ0n) is 14.4. The molecule has 1 aromatic carbocycles. The van der Waals surface area contributed by atoms with Crippen molar-refractivity contribution in [1.29, 1.82) is 0 Å². The van der Waals surface area contributed by atoms with Gasteiger partial charge >= 0.3 is 0 Å². The lowest BCUT2D eigenvalue weighted by Crippen LogP contribution is -2.28. The maximum atomic E-state index is 12.3. The number of amides is 1. The lowest BCUT2D eigenvalue weighted by atomic mass is 10.1. The molecule has 26 heavy (non-hydrogen) atoms. The van der Waals surface area contributed by atoms with Gasteiger partial charge in [0.25, 0.3) is 0 Å². The highest BCUT2D eigenvalue weighted by atomic mass is 35.5. The van der Waals surface area contributed by atoms with Crippen molar-refractivity contribution >= 4 is 29.3 Å². The van der Waals surface area contributed by atoms with Crippen LogP contribution in [0.15, 0.2) is 53.9 Å². The van der Waals surface area contributed by atoms with Gasteiger partial charge in [-0.1, -0.05) is 41.6 Å². The molecule has 1 unspecified atom stereocenters. The average molecular weight is 388 g/mol. The van der Waals surface area contributed by atoms with Crippen molar-refractivity contribution < 1.29 is 4.79 Å². The first-order chi connectivity index (χ1) is 12.6. The molecule has 0 fully saturated rings. The minimum Gasteiger partial charge on any atom is -0.349 e. The number of nitrogens with zero attached hydrogens (tertiary/aromatic N) is 4. The highest BCUT2D eigenvalue weighted by molar-refractivity contribution is 7.99. The molecule has 3 aromatic rings. The SMILES string of the molecule is CC(NC(=O)CSc1nnc(-c2cccnc2)n1C)c1ccccc1Cl. The highest BCUT2D eigenvalue weighted by Crippen LogP contribution is 2.24. The van der Waals surface area contributed by atoms with Gasteiger partial charge in [0.2, 0.25) is 5.91 Å². The Kier molecular flexibility index (Phi) is 5.90. The summed E-state index contributed by atoms with van der Waals surface area (Å²) in [7, 11) is 1.87. The fourth-order valence-corrected chi connectivity index (χ4v) is 3.53. The topological polar surface area (TPSA) is 72.7 Å². The predicted molar refractivity (Wildman–Crippen MR) is 103 cm³/mol. The minimum absolute atomic E-state index is 0.0895. The number of thioether (sulfide) groups is 1. The molecule has 0 aliphatic carbocycles. The Morgan fingerprint density at radius 1 is 1.27 bits per heavy atom. The fourth-order valence-electron chi connectivity index (χ4n) is 2.50. The second kappa shape index (κ2) is 8.33. The quantitative estimate of drug-likeness (QED) is 0.655. The van der Waals surface area contributed by atoms with Gasteiger partial charge in [-0.3, -0.25) is 9.78 Å². The van der Waals surface area contributed by atoms with Gasteiger partial charge in [0.05, 0.1) is 11.8 Å². The first-order valence-electron chi connectivity index (χ1n) is 8.02. The molecule has 2 heterocycles. The molecule has 134 valence electrons. The van der Waals surface area contributed by atoms with Crippen LogP contribution in [0.25, 0.3) is 11.4 Å². The molecule has 8 heteroatoms. The van der Waals surface area contributed by atoms with Crippen LogP contribution < -0.4 is 5.32 Å². The molecular weight excluding hydrogens is 370 g/mol. The van der Waals surface area contributed by atoms with E-state index in [-0.39, 0.29) is 17.7 Å². The van der Waals surface area contributed by atoms with Gasteiger partial charge in [-0.25, -0.2) is 0 Å². The van der Waals surface area contributed by atoms with E-state index >= 15 is 0 Å². The molecule has 0 bridgehead atoms. The number of halogens is 1. The Labute approximate surface area is 161 Å². The molecule has 0 saturated carbocycles. The average Bonchev–Trinajstić information content (AvgIpc) is 3.01. The zero-order chi connectivity index (χ0) is 18.5. The van der Waals surface area contributed by atoms with E-state index in [1.807, 2.05) is 54.9 Å². The third kappa shape index (κ3) is 4.23. The Hall–Kier alpha value is -2.38. The summed E-state index contributed by atoms with van der Waals surface area (Å²) < 4.78 is 1.85. The van der Waals surface area contributed by atoms with Gasteiger partial charge in [0, 0.05) is 30.0 Å². The molecular formula is C18H18ClN5OS. The van der Waals surface area contributed by atoms with Crippen LogP contribution in [0, 0.1) is 0 Å². The van der Waals surface area contributed by atoms with E-state index < -0.39 is 0 Å². The molecule has 1 atom stereocenters. The summed E-state index contributed by atoms with van der Waals surface area (Å²) in [5.41, 5.74) is 1.77. The first-order valence-corrected chi connectivity index (χ1v) is 9.39. The largest absolute Gasteiger partial charge is 0.349 e. The van der Waals surface area contributed by atoms with Crippen LogP contribution in [0.4, 0.5) is 0 Å². The van der Waals surface area contributed by atoms with Crippen LogP contribution in [0.2, 0.25) is 5.02 Å². The van der Waals surface area contributed by atoms with Gasteiger partial charge < -0.3 is 9.88 Å². The number of carbonyl (C=O) groups is 1. The molecule has 0 saturated heterocycles. The summed E-state index contributed by atoms with van der Waals surface area (Å²) >= 11 is 7.51. The van der Waals surface area contributed by atoms with Crippen molar-refractivity contribution in [2.45, 2.75) is 18.1 Å². The third-order valence-electron chi connectivity index (χ3n) is 3.84. The first kappa shape index (κ1) is 18.4. The standard InChI is InChI=1S/C18H18ClN5OS/c1-12(14-7-3-4-8-15(14)19)21-16(25)11-26-18-23-22-17(24(18)2)13-6-5-9-20-10-13/h3-10,12H,11H2,1-2H3,(H,21,25). The van der Waals surface area contributed by atoms with Crippen LogP contribution in [-0.2, 0) is 11.8 Å². The van der Waals surface area contributed by atoms with E-state index in [2.05, 4.69) is 20.5 Å². The molecule has 0 aliphatic heterocycles. The van der Waals surface area contributed by atoms with E-state index in [0.717, 1.165) is 11.1 Å². The Morgan fingerprint density at radius 3 is 2.81 bits per heavy atom. The van der Waals surface area contributed by atoms with Crippen molar-refractivity contribution in [2.24, 2.45) is 7.05 Å². The Morgan fingerprint density at radius 2 is 2.08 bits per heavy atom. The van der Waals surface area contributed by atoms with Crippen molar-refractivity contribution in [2.75, 3.05) is 5.75 Å². The predicted octanol–water partition coefficient (Wildman–Crippen LogP) is 3.50. The van der Waals surface area contributed by atoms with Crippen LogP contribution in [0.5, 0.6) is 0 Å². The third-order valence-corrected chi connectivity index (χ3v) is 5.20. The molecule has 0 aliphatic rings. The van der Waals surface area contributed by atoms with Gasteiger partial charge in [-0.05, 0) is 30.7 Å². The molecule has 0 spiro atoms. The van der Waals surface area contributed by atoms with Crippen molar-refractivity contribution in [1.82, 2.24) is 25.1 Å². The van der Waals surface area contributed by atoms with Crippen LogP contribution in [-0.4, -0.2) is 31.4 Å². The van der Waals surface area contributed by atoms with Crippen molar-refractivity contribution in [3.05, 3.63) is 59.4 Å². The van der Waals surface area contributed by atoms with E-state index in [1.54, 1.807) is 12.4 Å². The Balaban J connectivity index is 1.60. The monoisotopic (exact) mass is 387 g/mol. The number of rotatable bonds is 6. The molecule has 6 nitrogen and oxygen atoms in total. The Bertz CT molecular complexity index is 900. The van der Waals surface area contributed by atoms with Crippen LogP contribution in [0.3, 0.4) is 0 Å². The van der Waals surface area contributed by atoms with Gasteiger partial charge in [-0.15, -0.1) is 10.2 Å². The number of aromatic nitrogens is 4. The summed E-state index contributed by atoms with van der Waals surface area (Å²) in [5, 5.41) is 12.6.